The lowest BCUT2D eigenvalue weighted by molar-refractivity contribution is 0.0963. The van der Waals surface area contributed by atoms with Gasteiger partial charge in [-0.2, -0.15) is 0 Å². The summed E-state index contributed by atoms with van der Waals surface area (Å²) in [6.07, 6.45) is 3.43. The molecule has 0 spiro atoms. The van der Waals surface area contributed by atoms with E-state index in [1.807, 2.05) is 109 Å². The van der Waals surface area contributed by atoms with E-state index in [1.54, 1.807) is 36.7 Å². The summed E-state index contributed by atoms with van der Waals surface area (Å²) in [7, 11) is -4.46. The van der Waals surface area contributed by atoms with Gasteiger partial charge in [-0.1, -0.05) is 109 Å². The molecule has 8 rings (SSSR count). The van der Waals surface area contributed by atoms with E-state index in [-0.39, 0.29) is 21.4 Å². The van der Waals surface area contributed by atoms with Gasteiger partial charge in [0, 0.05) is 56.7 Å². The number of nitrogens with one attached hydrogen (secondary N) is 6. The summed E-state index contributed by atoms with van der Waals surface area (Å²) in [5.41, 5.74) is 5.56. The summed E-state index contributed by atoms with van der Waals surface area (Å²) in [5, 5.41) is 8.15. The summed E-state index contributed by atoms with van der Waals surface area (Å²) in [6.45, 7) is 0. The third-order valence-corrected chi connectivity index (χ3v) is 12.8. The third-order valence-electron chi connectivity index (χ3n) is 9.95. The van der Waals surface area contributed by atoms with Crippen molar-refractivity contribution >= 4 is 64.8 Å². The molecule has 6 N–H and O–H groups in total. The Hall–Kier alpha value is -6.84. The van der Waals surface area contributed by atoms with Crippen LogP contribution in [0.3, 0.4) is 0 Å². The molecule has 2 aromatic heterocycles. The molecular formula is C46H42N6O6S2. The number of sulfonamides is 2. The van der Waals surface area contributed by atoms with E-state index >= 15 is 0 Å². The molecule has 0 saturated carbocycles. The lowest BCUT2D eigenvalue weighted by Gasteiger charge is -2.20. The molecule has 8 aromatic rings. The number of aromatic amines is 2. The molecule has 0 radical (unpaired) electrons. The van der Waals surface area contributed by atoms with Gasteiger partial charge in [-0.15, -0.1) is 0 Å². The molecule has 2 atom stereocenters. The van der Waals surface area contributed by atoms with Crippen LogP contribution in [0.2, 0.25) is 0 Å². The van der Waals surface area contributed by atoms with Crippen molar-refractivity contribution in [3.05, 3.63) is 192 Å². The Kier molecular flexibility index (Phi) is 12.4. The SMILES string of the molecule is CNS(=O)(=O)c1cccc(NC(C(=O)c2c[nH]c3ccccc23)c2ccccc2)c1.CNS(=O)(=O)c1cccc(NC(C(=O)c2c[nH]c3ccccc23)c2ccccc2)c1. The third kappa shape index (κ3) is 9.07. The van der Waals surface area contributed by atoms with Crippen LogP contribution in [0.4, 0.5) is 11.4 Å². The van der Waals surface area contributed by atoms with E-state index in [9.17, 15) is 26.4 Å². The van der Waals surface area contributed by atoms with Gasteiger partial charge in [0.05, 0.1) is 9.79 Å². The molecule has 0 aliphatic carbocycles. The Morgan fingerprint density at radius 1 is 0.467 bits per heavy atom. The van der Waals surface area contributed by atoms with E-state index in [2.05, 4.69) is 30.0 Å². The number of anilines is 2. The molecule has 0 aliphatic heterocycles. The molecule has 0 amide bonds. The van der Waals surface area contributed by atoms with Crippen molar-refractivity contribution < 1.29 is 26.4 Å². The summed E-state index contributed by atoms with van der Waals surface area (Å²) in [4.78, 5) is 33.6. The van der Waals surface area contributed by atoms with Crippen LogP contribution in [0, 0.1) is 0 Å². The molecule has 0 aliphatic rings. The van der Waals surface area contributed by atoms with Crippen LogP contribution in [0.15, 0.2) is 180 Å². The molecule has 2 unspecified atom stereocenters. The highest BCUT2D eigenvalue weighted by Crippen LogP contribution is 2.30. The van der Waals surface area contributed by atoms with Crippen molar-refractivity contribution in [2.45, 2.75) is 21.9 Å². The van der Waals surface area contributed by atoms with Crippen molar-refractivity contribution in [2.24, 2.45) is 0 Å². The fourth-order valence-corrected chi connectivity index (χ4v) is 8.38. The van der Waals surface area contributed by atoms with Crippen LogP contribution in [0.25, 0.3) is 21.8 Å². The van der Waals surface area contributed by atoms with Gasteiger partial charge in [-0.3, -0.25) is 9.59 Å². The predicted octanol–water partition coefficient (Wildman–Crippen LogP) is 8.22. The first-order chi connectivity index (χ1) is 29.0. The molecule has 14 heteroatoms. The van der Waals surface area contributed by atoms with Gasteiger partial charge in [0.1, 0.15) is 12.1 Å². The van der Waals surface area contributed by atoms with Crippen LogP contribution < -0.4 is 20.1 Å². The van der Waals surface area contributed by atoms with Gasteiger partial charge in [-0.25, -0.2) is 26.3 Å². The standard InChI is InChI=1S/2C23H21N3O3S/c2*1-24-30(28,29)18-11-7-10-17(14-18)26-22(16-8-3-2-4-9-16)23(27)20-15-25-21-13-6-5-12-19(20)21/h2*2-15,22,24-26H,1H3. The van der Waals surface area contributed by atoms with E-state index < -0.39 is 32.1 Å². The zero-order valence-electron chi connectivity index (χ0n) is 32.6. The fourth-order valence-electron chi connectivity index (χ4n) is 6.83. The quantitative estimate of drug-likeness (QED) is 0.0593. The van der Waals surface area contributed by atoms with Crippen LogP contribution >= 0.6 is 0 Å². The molecule has 12 nitrogen and oxygen atoms in total. The zero-order chi connectivity index (χ0) is 42.3. The predicted molar refractivity (Wildman–Crippen MR) is 236 cm³/mol. The number of carbonyl (C=O) groups excluding carboxylic acids is 2. The van der Waals surface area contributed by atoms with Crippen molar-refractivity contribution in [3.63, 3.8) is 0 Å². The maximum atomic E-state index is 13.5. The molecule has 6 aromatic carbocycles. The van der Waals surface area contributed by atoms with Crippen molar-refractivity contribution in [2.75, 3.05) is 24.7 Å². The molecule has 0 fully saturated rings. The zero-order valence-corrected chi connectivity index (χ0v) is 34.2. The highest BCUT2D eigenvalue weighted by molar-refractivity contribution is 7.89. The number of rotatable bonds is 14. The maximum absolute atomic E-state index is 13.5. The number of para-hydroxylation sites is 2. The lowest BCUT2D eigenvalue weighted by Crippen LogP contribution is -2.22. The fraction of sp³-hybridized carbons (Fsp3) is 0.0870. The number of fused-ring (bicyclic) bond motifs is 2. The number of benzene rings is 6. The number of aromatic nitrogens is 2. The Morgan fingerprint density at radius 2 is 0.833 bits per heavy atom. The summed E-state index contributed by atoms with van der Waals surface area (Å²) < 4.78 is 53.3. The average Bonchev–Trinajstić information content (AvgIpc) is 3.93. The smallest absolute Gasteiger partial charge is 0.240 e. The van der Waals surface area contributed by atoms with Crippen molar-refractivity contribution in [1.82, 2.24) is 19.4 Å². The Bertz CT molecular complexity index is 2800. The van der Waals surface area contributed by atoms with E-state index in [0.717, 1.165) is 32.9 Å². The molecule has 2 heterocycles. The number of H-pyrrole nitrogens is 2. The van der Waals surface area contributed by atoms with Crippen molar-refractivity contribution in [1.29, 1.82) is 0 Å². The number of ketones is 2. The van der Waals surface area contributed by atoms with Crippen LogP contribution in [0.1, 0.15) is 43.9 Å². The second kappa shape index (κ2) is 18.0. The second-order valence-corrected chi connectivity index (χ2v) is 17.4. The van der Waals surface area contributed by atoms with E-state index in [4.69, 9.17) is 0 Å². The first kappa shape index (κ1) is 41.3. The van der Waals surface area contributed by atoms with E-state index in [1.165, 1.54) is 38.4 Å². The molecular weight excluding hydrogens is 797 g/mol. The Morgan fingerprint density at radius 3 is 1.22 bits per heavy atom. The first-order valence-electron chi connectivity index (χ1n) is 18.9. The van der Waals surface area contributed by atoms with Gasteiger partial charge >= 0.3 is 0 Å². The van der Waals surface area contributed by atoms with Crippen LogP contribution in [0.5, 0.6) is 0 Å². The number of hydrogen-bond acceptors (Lipinski definition) is 8. The van der Waals surface area contributed by atoms with Crippen molar-refractivity contribution in [3.8, 4) is 0 Å². The maximum Gasteiger partial charge on any atom is 0.240 e. The first-order valence-corrected chi connectivity index (χ1v) is 21.9. The summed E-state index contributed by atoms with van der Waals surface area (Å²) in [5.74, 6) is -0.221. The molecule has 0 saturated heterocycles. The van der Waals surface area contributed by atoms with Gasteiger partial charge in [0.15, 0.2) is 11.6 Å². The highest BCUT2D eigenvalue weighted by Gasteiger charge is 2.26. The minimum atomic E-state index is -3.59. The van der Waals surface area contributed by atoms with Gasteiger partial charge in [0.2, 0.25) is 20.0 Å². The van der Waals surface area contributed by atoms with Gasteiger partial charge < -0.3 is 20.6 Å². The summed E-state index contributed by atoms with van der Waals surface area (Å²) >= 11 is 0. The topological polar surface area (TPSA) is 182 Å². The lowest BCUT2D eigenvalue weighted by atomic mass is 9.96. The second-order valence-electron chi connectivity index (χ2n) is 13.7. The van der Waals surface area contributed by atoms with Gasteiger partial charge in [-0.05, 0) is 73.8 Å². The molecule has 0 bridgehead atoms. The monoisotopic (exact) mass is 838 g/mol. The number of hydrogen-bond donors (Lipinski definition) is 6. The molecule has 304 valence electrons. The number of carbonyl (C=O) groups is 2. The largest absolute Gasteiger partial charge is 0.371 e. The Labute approximate surface area is 348 Å². The van der Waals surface area contributed by atoms with Gasteiger partial charge in [0.25, 0.3) is 0 Å². The molecule has 60 heavy (non-hydrogen) atoms. The number of Topliss-reactive ketones (excluding diaryl/α,β-unsaturated/α-hetero) is 2. The summed E-state index contributed by atoms with van der Waals surface area (Å²) in [6, 6.07) is 45.5. The van der Waals surface area contributed by atoms with Crippen LogP contribution in [-0.2, 0) is 20.0 Å². The minimum absolute atomic E-state index is 0.111. The van der Waals surface area contributed by atoms with Crippen LogP contribution in [-0.4, -0.2) is 52.5 Å². The normalized spacial score (nSPS) is 12.6. The Balaban J connectivity index is 0.000000181. The average molecular weight is 839 g/mol. The minimum Gasteiger partial charge on any atom is -0.371 e. The highest BCUT2D eigenvalue weighted by atomic mass is 32.2. The van der Waals surface area contributed by atoms with E-state index in [0.29, 0.717) is 22.5 Å².